The summed E-state index contributed by atoms with van der Waals surface area (Å²) in [5.41, 5.74) is 3.73. The van der Waals surface area contributed by atoms with E-state index in [0.717, 1.165) is 23.9 Å². The molecule has 2 rings (SSSR count). The number of nitrogens with zero attached hydrogens (tertiary/aromatic N) is 2. The highest BCUT2D eigenvalue weighted by atomic mass is 32.1. The average molecular weight is 289 g/mol. The monoisotopic (exact) mass is 289 g/mol. The quantitative estimate of drug-likeness (QED) is 0.881. The van der Waals surface area contributed by atoms with Crippen molar-refractivity contribution in [2.75, 3.05) is 11.9 Å². The summed E-state index contributed by atoms with van der Waals surface area (Å²) in [5.74, 6) is 0. The van der Waals surface area contributed by atoms with Crippen LogP contribution in [0.5, 0.6) is 0 Å². The lowest BCUT2D eigenvalue weighted by Crippen LogP contribution is -2.22. The molecule has 0 aliphatic heterocycles. The highest BCUT2D eigenvalue weighted by molar-refractivity contribution is 7.13. The van der Waals surface area contributed by atoms with Gasteiger partial charge < -0.3 is 10.2 Å². The van der Waals surface area contributed by atoms with Gasteiger partial charge in [-0.3, -0.25) is 0 Å². The lowest BCUT2D eigenvalue weighted by Gasteiger charge is -2.15. The first-order valence-corrected chi connectivity index (χ1v) is 7.87. The molecule has 0 saturated carbocycles. The summed E-state index contributed by atoms with van der Waals surface area (Å²) in [6.45, 7) is 8.15. The van der Waals surface area contributed by atoms with Crippen LogP contribution < -0.4 is 10.2 Å². The van der Waals surface area contributed by atoms with Crippen molar-refractivity contribution in [3.8, 4) is 0 Å². The molecule has 3 nitrogen and oxygen atoms in total. The largest absolute Gasteiger partial charge is 0.347 e. The zero-order chi connectivity index (χ0) is 14.5. The lowest BCUT2D eigenvalue weighted by molar-refractivity contribution is 0.583. The summed E-state index contributed by atoms with van der Waals surface area (Å²) in [4.78, 5) is 6.88. The first kappa shape index (κ1) is 15.0. The summed E-state index contributed by atoms with van der Waals surface area (Å²) in [5, 5.41) is 6.61. The first-order chi connectivity index (χ1) is 9.54. The van der Waals surface area contributed by atoms with Crippen LogP contribution in [0, 0.1) is 6.92 Å². The molecular formula is C16H23N3S. The van der Waals surface area contributed by atoms with Crippen molar-refractivity contribution in [1.29, 1.82) is 0 Å². The highest BCUT2D eigenvalue weighted by Gasteiger charge is 2.08. The number of hydrogen-bond acceptors (Lipinski definition) is 4. The predicted molar refractivity (Wildman–Crippen MR) is 87.4 cm³/mol. The second-order valence-corrected chi connectivity index (χ2v) is 6.34. The average Bonchev–Trinajstić information content (AvgIpc) is 2.88. The second-order valence-electron chi connectivity index (χ2n) is 5.50. The SMILES string of the molecule is Cc1ccc(CN(C)c2nc(CNC(C)C)cs2)cc1. The van der Waals surface area contributed by atoms with Crippen LogP contribution in [0.25, 0.3) is 0 Å². The van der Waals surface area contributed by atoms with Gasteiger partial charge in [0.15, 0.2) is 5.13 Å². The molecule has 0 saturated heterocycles. The summed E-state index contributed by atoms with van der Waals surface area (Å²) in [7, 11) is 2.10. The Morgan fingerprint density at radius 1 is 1.25 bits per heavy atom. The number of thiazole rings is 1. The van der Waals surface area contributed by atoms with Crippen LogP contribution in [-0.2, 0) is 13.1 Å². The van der Waals surface area contributed by atoms with E-state index in [0.29, 0.717) is 6.04 Å². The summed E-state index contributed by atoms with van der Waals surface area (Å²) in [6, 6.07) is 9.17. The van der Waals surface area contributed by atoms with Crippen LogP contribution in [0.3, 0.4) is 0 Å². The van der Waals surface area contributed by atoms with E-state index in [9.17, 15) is 0 Å². The molecule has 0 bridgehead atoms. The molecular weight excluding hydrogens is 266 g/mol. The van der Waals surface area contributed by atoms with Gasteiger partial charge in [0.25, 0.3) is 0 Å². The number of anilines is 1. The van der Waals surface area contributed by atoms with Crippen molar-refractivity contribution >= 4 is 16.5 Å². The van der Waals surface area contributed by atoms with Crippen molar-refractivity contribution in [2.45, 2.75) is 39.9 Å². The Kier molecular flexibility index (Phi) is 5.15. The molecule has 1 heterocycles. The summed E-state index contributed by atoms with van der Waals surface area (Å²) < 4.78 is 0. The normalized spacial score (nSPS) is 11.1. The van der Waals surface area contributed by atoms with E-state index >= 15 is 0 Å². The van der Waals surface area contributed by atoms with Gasteiger partial charge in [-0.05, 0) is 12.5 Å². The molecule has 0 unspecified atom stereocenters. The van der Waals surface area contributed by atoms with Crippen LogP contribution in [0.1, 0.15) is 30.7 Å². The van der Waals surface area contributed by atoms with Gasteiger partial charge in [0.1, 0.15) is 0 Å². The van der Waals surface area contributed by atoms with Crippen molar-refractivity contribution in [1.82, 2.24) is 10.3 Å². The smallest absolute Gasteiger partial charge is 0.185 e. The van der Waals surface area contributed by atoms with E-state index in [1.165, 1.54) is 11.1 Å². The second kappa shape index (κ2) is 6.86. The van der Waals surface area contributed by atoms with E-state index in [4.69, 9.17) is 0 Å². The Bertz CT molecular complexity index is 531. The number of hydrogen-bond donors (Lipinski definition) is 1. The maximum atomic E-state index is 4.68. The molecule has 108 valence electrons. The maximum Gasteiger partial charge on any atom is 0.185 e. The molecule has 20 heavy (non-hydrogen) atoms. The van der Waals surface area contributed by atoms with Crippen LogP contribution in [0.4, 0.5) is 5.13 Å². The Morgan fingerprint density at radius 2 is 1.95 bits per heavy atom. The van der Waals surface area contributed by atoms with Gasteiger partial charge in [0, 0.05) is 31.6 Å². The molecule has 0 aliphatic carbocycles. The van der Waals surface area contributed by atoms with E-state index < -0.39 is 0 Å². The third-order valence-corrected chi connectivity index (χ3v) is 4.10. The molecule has 4 heteroatoms. The Balaban J connectivity index is 1.95. The van der Waals surface area contributed by atoms with Crippen molar-refractivity contribution in [3.63, 3.8) is 0 Å². The van der Waals surface area contributed by atoms with Crippen LogP contribution in [-0.4, -0.2) is 18.1 Å². The molecule has 1 N–H and O–H groups in total. The zero-order valence-corrected chi connectivity index (χ0v) is 13.5. The Labute approximate surface area is 125 Å². The predicted octanol–water partition coefficient (Wildman–Crippen LogP) is 3.59. The molecule has 0 aliphatic rings. The van der Waals surface area contributed by atoms with Crippen molar-refractivity contribution in [3.05, 3.63) is 46.5 Å². The van der Waals surface area contributed by atoms with E-state index in [1.807, 2.05) is 0 Å². The zero-order valence-electron chi connectivity index (χ0n) is 12.7. The highest BCUT2D eigenvalue weighted by Crippen LogP contribution is 2.21. The molecule has 0 amide bonds. The standard InChI is InChI=1S/C16H23N3S/c1-12(2)17-9-15-11-20-16(18-15)19(4)10-14-7-5-13(3)6-8-14/h5-8,11-12,17H,9-10H2,1-4H3. The number of rotatable bonds is 6. The third-order valence-electron chi connectivity index (χ3n) is 3.10. The van der Waals surface area contributed by atoms with Gasteiger partial charge in [-0.15, -0.1) is 11.3 Å². The summed E-state index contributed by atoms with van der Waals surface area (Å²) >= 11 is 1.71. The lowest BCUT2D eigenvalue weighted by atomic mass is 10.1. The van der Waals surface area contributed by atoms with Crippen molar-refractivity contribution < 1.29 is 0 Å². The fourth-order valence-corrected chi connectivity index (χ4v) is 2.69. The van der Waals surface area contributed by atoms with Gasteiger partial charge in [0.2, 0.25) is 0 Å². The molecule has 1 aromatic carbocycles. The van der Waals surface area contributed by atoms with Crippen LogP contribution in [0.2, 0.25) is 0 Å². The van der Waals surface area contributed by atoms with Gasteiger partial charge >= 0.3 is 0 Å². The molecule has 2 aromatic rings. The fraction of sp³-hybridized carbons (Fsp3) is 0.438. The van der Waals surface area contributed by atoms with Gasteiger partial charge in [-0.25, -0.2) is 4.98 Å². The Morgan fingerprint density at radius 3 is 2.60 bits per heavy atom. The molecule has 0 radical (unpaired) electrons. The Hall–Kier alpha value is -1.39. The minimum atomic E-state index is 0.491. The summed E-state index contributed by atoms with van der Waals surface area (Å²) in [6.07, 6.45) is 0. The van der Waals surface area contributed by atoms with Gasteiger partial charge in [-0.1, -0.05) is 43.7 Å². The van der Waals surface area contributed by atoms with E-state index in [2.05, 4.69) is 72.7 Å². The maximum absolute atomic E-state index is 4.68. The van der Waals surface area contributed by atoms with Crippen molar-refractivity contribution in [2.24, 2.45) is 0 Å². The molecule has 0 spiro atoms. The first-order valence-electron chi connectivity index (χ1n) is 6.99. The number of aryl methyl sites for hydroxylation is 1. The molecule has 0 fully saturated rings. The van der Waals surface area contributed by atoms with E-state index in [1.54, 1.807) is 11.3 Å². The molecule has 1 aromatic heterocycles. The number of aromatic nitrogens is 1. The third kappa shape index (κ3) is 4.32. The van der Waals surface area contributed by atoms with Gasteiger partial charge in [-0.2, -0.15) is 0 Å². The van der Waals surface area contributed by atoms with Gasteiger partial charge in [0.05, 0.1) is 5.69 Å². The molecule has 0 atom stereocenters. The minimum absolute atomic E-state index is 0.491. The number of nitrogens with one attached hydrogen (secondary N) is 1. The van der Waals surface area contributed by atoms with Crippen LogP contribution >= 0.6 is 11.3 Å². The minimum Gasteiger partial charge on any atom is -0.347 e. The number of benzene rings is 1. The topological polar surface area (TPSA) is 28.2 Å². The van der Waals surface area contributed by atoms with E-state index in [-0.39, 0.29) is 0 Å². The van der Waals surface area contributed by atoms with Crippen LogP contribution in [0.15, 0.2) is 29.6 Å². The fourth-order valence-electron chi connectivity index (χ4n) is 1.90.